The Hall–Kier alpha value is -0.340. The van der Waals surface area contributed by atoms with E-state index in [1.165, 1.54) is 32.4 Å². The first-order chi connectivity index (χ1) is 7.24. The summed E-state index contributed by atoms with van der Waals surface area (Å²) in [4.78, 5) is 2.56. The third-order valence-electron chi connectivity index (χ3n) is 3.31. The highest BCUT2D eigenvalue weighted by atomic mass is 16.2. The van der Waals surface area contributed by atoms with Crippen molar-refractivity contribution in [2.75, 3.05) is 19.7 Å². The van der Waals surface area contributed by atoms with Gasteiger partial charge in [-0.25, -0.2) is 0 Å². The molecule has 0 aliphatic carbocycles. The van der Waals surface area contributed by atoms with Crippen LogP contribution >= 0.6 is 0 Å². The molecule has 1 aliphatic rings. The van der Waals surface area contributed by atoms with Gasteiger partial charge in [0.25, 0.3) is 0 Å². The Morgan fingerprint density at radius 2 is 1.93 bits per heavy atom. The highest BCUT2D eigenvalue weighted by molar-refractivity contribution is 4.86. The average molecular weight is 211 g/mol. The van der Waals surface area contributed by atoms with E-state index in [9.17, 15) is 0 Å². The normalized spacial score (nSPS) is 20.5. The molecule has 2 heteroatoms. The zero-order chi connectivity index (χ0) is 11.1. The van der Waals surface area contributed by atoms with Crippen molar-refractivity contribution in [3.63, 3.8) is 0 Å². The lowest BCUT2D eigenvalue weighted by Crippen LogP contribution is -2.38. The predicted molar refractivity (Wildman–Crippen MR) is 64.9 cm³/mol. The summed E-state index contributed by atoms with van der Waals surface area (Å²) in [6.45, 7) is 7.36. The SMILES string of the molecule is CC(C)N1CCC(C/C=C\CCO)CC1. The van der Waals surface area contributed by atoms with Crippen LogP contribution in [0, 0.1) is 5.92 Å². The molecule has 0 bridgehead atoms. The van der Waals surface area contributed by atoms with E-state index in [1.807, 2.05) is 0 Å². The van der Waals surface area contributed by atoms with Crippen LogP contribution in [-0.4, -0.2) is 35.7 Å². The van der Waals surface area contributed by atoms with E-state index in [4.69, 9.17) is 5.11 Å². The number of aliphatic hydroxyl groups is 1. The minimum absolute atomic E-state index is 0.280. The molecule has 0 aromatic carbocycles. The molecule has 15 heavy (non-hydrogen) atoms. The van der Waals surface area contributed by atoms with Gasteiger partial charge in [-0.2, -0.15) is 0 Å². The topological polar surface area (TPSA) is 23.5 Å². The smallest absolute Gasteiger partial charge is 0.0465 e. The maximum Gasteiger partial charge on any atom is 0.0465 e. The Labute approximate surface area is 94.0 Å². The van der Waals surface area contributed by atoms with Crippen molar-refractivity contribution >= 4 is 0 Å². The Balaban J connectivity index is 2.14. The van der Waals surface area contributed by atoms with Gasteiger partial charge in [-0.1, -0.05) is 12.2 Å². The van der Waals surface area contributed by atoms with Crippen LogP contribution < -0.4 is 0 Å². The monoisotopic (exact) mass is 211 g/mol. The maximum absolute atomic E-state index is 8.64. The van der Waals surface area contributed by atoms with Crippen molar-refractivity contribution in [3.8, 4) is 0 Å². The highest BCUT2D eigenvalue weighted by Gasteiger charge is 2.19. The number of hydrogen-bond donors (Lipinski definition) is 1. The van der Waals surface area contributed by atoms with Gasteiger partial charge < -0.3 is 10.0 Å². The zero-order valence-corrected chi connectivity index (χ0v) is 10.2. The fourth-order valence-electron chi connectivity index (χ4n) is 2.19. The summed E-state index contributed by atoms with van der Waals surface area (Å²) in [6.07, 6.45) is 9.03. The van der Waals surface area contributed by atoms with Gasteiger partial charge in [-0.3, -0.25) is 0 Å². The highest BCUT2D eigenvalue weighted by Crippen LogP contribution is 2.22. The van der Waals surface area contributed by atoms with Crippen LogP contribution in [0.2, 0.25) is 0 Å². The molecule has 0 unspecified atom stereocenters. The van der Waals surface area contributed by atoms with Gasteiger partial charge in [0.15, 0.2) is 0 Å². The van der Waals surface area contributed by atoms with Crippen LogP contribution in [-0.2, 0) is 0 Å². The van der Waals surface area contributed by atoms with Gasteiger partial charge >= 0.3 is 0 Å². The largest absolute Gasteiger partial charge is 0.396 e. The van der Waals surface area contributed by atoms with E-state index < -0.39 is 0 Å². The second kappa shape index (κ2) is 7.02. The first-order valence-corrected chi connectivity index (χ1v) is 6.24. The van der Waals surface area contributed by atoms with E-state index in [2.05, 4.69) is 30.9 Å². The average Bonchev–Trinajstić information content (AvgIpc) is 2.25. The van der Waals surface area contributed by atoms with Crippen molar-refractivity contribution in [2.24, 2.45) is 5.92 Å². The van der Waals surface area contributed by atoms with Gasteiger partial charge in [-0.15, -0.1) is 0 Å². The summed E-state index contributed by atoms with van der Waals surface area (Å²) in [6, 6.07) is 0.705. The second-order valence-corrected chi connectivity index (χ2v) is 4.79. The molecular weight excluding hydrogens is 186 g/mol. The Morgan fingerprint density at radius 1 is 1.27 bits per heavy atom. The molecule has 1 N–H and O–H groups in total. The summed E-state index contributed by atoms with van der Waals surface area (Å²) < 4.78 is 0. The number of rotatable bonds is 5. The molecular formula is C13H25NO. The molecule has 1 fully saturated rings. The van der Waals surface area contributed by atoms with Crippen molar-refractivity contribution in [3.05, 3.63) is 12.2 Å². The van der Waals surface area contributed by atoms with E-state index in [0.29, 0.717) is 6.04 Å². The number of nitrogens with zero attached hydrogens (tertiary/aromatic N) is 1. The molecule has 1 aliphatic heterocycles. The van der Waals surface area contributed by atoms with Crippen LogP contribution in [0.4, 0.5) is 0 Å². The van der Waals surface area contributed by atoms with Gasteiger partial charge in [0.1, 0.15) is 0 Å². The molecule has 0 aromatic heterocycles. The molecule has 0 spiro atoms. The number of aliphatic hydroxyl groups excluding tert-OH is 1. The lowest BCUT2D eigenvalue weighted by atomic mass is 9.93. The summed E-state index contributed by atoms with van der Waals surface area (Å²) in [5.74, 6) is 0.870. The third kappa shape index (κ3) is 4.80. The molecule has 88 valence electrons. The van der Waals surface area contributed by atoms with E-state index >= 15 is 0 Å². The zero-order valence-electron chi connectivity index (χ0n) is 10.2. The van der Waals surface area contributed by atoms with Crippen molar-refractivity contribution in [2.45, 2.75) is 45.6 Å². The van der Waals surface area contributed by atoms with E-state index in [1.54, 1.807) is 0 Å². The van der Waals surface area contributed by atoms with Gasteiger partial charge in [-0.05, 0) is 58.5 Å². The fraction of sp³-hybridized carbons (Fsp3) is 0.846. The van der Waals surface area contributed by atoms with Crippen molar-refractivity contribution < 1.29 is 5.11 Å². The lowest BCUT2D eigenvalue weighted by Gasteiger charge is -2.34. The van der Waals surface area contributed by atoms with Crippen molar-refractivity contribution in [1.82, 2.24) is 4.90 Å². The maximum atomic E-state index is 8.64. The van der Waals surface area contributed by atoms with Gasteiger partial charge in [0.2, 0.25) is 0 Å². The number of allylic oxidation sites excluding steroid dienone is 1. The molecule has 1 heterocycles. The Kier molecular flexibility index (Phi) is 5.96. The number of piperidine rings is 1. The van der Waals surface area contributed by atoms with E-state index in [-0.39, 0.29) is 6.61 Å². The summed E-state index contributed by atoms with van der Waals surface area (Å²) in [5, 5.41) is 8.64. The van der Waals surface area contributed by atoms with E-state index in [0.717, 1.165) is 12.3 Å². The minimum Gasteiger partial charge on any atom is -0.396 e. The predicted octanol–water partition coefficient (Wildman–Crippen LogP) is 2.44. The number of likely N-dealkylation sites (tertiary alicyclic amines) is 1. The Morgan fingerprint density at radius 3 is 2.47 bits per heavy atom. The van der Waals surface area contributed by atoms with Crippen LogP contribution in [0.15, 0.2) is 12.2 Å². The second-order valence-electron chi connectivity index (χ2n) is 4.79. The van der Waals surface area contributed by atoms with Crippen molar-refractivity contribution in [1.29, 1.82) is 0 Å². The molecule has 2 nitrogen and oxygen atoms in total. The lowest BCUT2D eigenvalue weighted by molar-refractivity contribution is 0.150. The first-order valence-electron chi connectivity index (χ1n) is 6.24. The van der Waals surface area contributed by atoms with Gasteiger partial charge in [0.05, 0.1) is 0 Å². The molecule has 1 rings (SSSR count). The summed E-state index contributed by atoms with van der Waals surface area (Å²) in [5.41, 5.74) is 0. The van der Waals surface area contributed by atoms with Crippen LogP contribution in [0.5, 0.6) is 0 Å². The molecule has 0 atom stereocenters. The molecule has 0 saturated carbocycles. The Bertz CT molecular complexity index is 181. The molecule has 0 radical (unpaired) electrons. The minimum atomic E-state index is 0.280. The number of hydrogen-bond acceptors (Lipinski definition) is 2. The quantitative estimate of drug-likeness (QED) is 0.706. The molecule has 0 amide bonds. The standard InChI is InChI=1S/C13H25NO/c1-12(2)14-9-7-13(8-10-14)6-4-3-5-11-15/h3-4,12-13,15H,5-11H2,1-2H3/b4-3-. The third-order valence-corrected chi connectivity index (χ3v) is 3.31. The molecule has 1 saturated heterocycles. The fourth-order valence-corrected chi connectivity index (χ4v) is 2.19. The van der Waals surface area contributed by atoms with Crippen LogP contribution in [0.1, 0.15) is 39.5 Å². The molecule has 0 aromatic rings. The van der Waals surface area contributed by atoms with Crippen LogP contribution in [0.25, 0.3) is 0 Å². The summed E-state index contributed by atoms with van der Waals surface area (Å²) >= 11 is 0. The summed E-state index contributed by atoms with van der Waals surface area (Å²) in [7, 11) is 0. The van der Waals surface area contributed by atoms with Crippen LogP contribution in [0.3, 0.4) is 0 Å². The van der Waals surface area contributed by atoms with Gasteiger partial charge in [0, 0.05) is 12.6 Å². The first kappa shape index (κ1) is 12.7.